The highest BCUT2D eigenvalue weighted by molar-refractivity contribution is 6.60. The summed E-state index contributed by atoms with van der Waals surface area (Å²) in [5, 5.41) is 18.6. The topological polar surface area (TPSA) is 117 Å². The lowest BCUT2D eigenvalue weighted by molar-refractivity contribution is -0.00303. The number of morpholine rings is 1. The Labute approximate surface area is 155 Å². The molecule has 0 bridgehead atoms. The van der Waals surface area contributed by atoms with Gasteiger partial charge in [0.05, 0.1) is 25.5 Å². The van der Waals surface area contributed by atoms with Crippen LogP contribution in [0.3, 0.4) is 0 Å². The van der Waals surface area contributed by atoms with Gasteiger partial charge in [-0.2, -0.15) is 0 Å². The van der Waals surface area contributed by atoms with Crippen LogP contribution in [-0.2, 0) is 4.74 Å². The third-order valence-corrected chi connectivity index (χ3v) is 4.44. The molecule has 0 saturated carbocycles. The van der Waals surface area contributed by atoms with Gasteiger partial charge in [0.1, 0.15) is 6.29 Å². The van der Waals surface area contributed by atoms with E-state index in [1.54, 1.807) is 12.1 Å². The molecule has 2 aromatic rings. The summed E-state index contributed by atoms with van der Waals surface area (Å²) < 4.78 is 10.5. The van der Waals surface area contributed by atoms with Crippen molar-refractivity contribution in [2.75, 3.05) is 19.8 Å². The van der Waals surface area contributed by atoms with Crippen LogP contribution in [0.15, 0.2) is 41.0 Å². The molecule has 1 saturated heterocycles. The maximum atomic E-state index is 12.9. The minimum Gasteiger partial charge on any atom is -0.461 e. The molecule has 1 amide bonds. The van der Waals surface area contributed by atoms with E-state index in [2.05, 4.69) is 0 Å². The Morgan fingerprint density at radius 3 is 2.78 bits per heavy atom. The van der Waals surface area contributed by atoms with Crippen LogP contribution in [0, 0.1) is 0 Å². The number of carbonyl (C=O) groups excluding carboxylic acids is 3. The minimum atomic E-state index is -1.81. The number of furan rings is 1. The molecule has 1 atom stereocenters. The van der Waals surface area contributed by atoms with Crippen LogP contribution in [0.5, 0.6) is 0 Å². The molecular formula is C18H18BNO7. The fraction of sp³-hybridized carbons (Fsp3) is 0.278. The first-order valence-corrected chi connectivity index (χ1v) is 8.42. The lowest BCUT2D eigenvalue weighted by atomic mass is 9.76. The van der Waals surface area contributed by atoms with Crippen molar-refractivity contribution in [1.29, 1.82) is 0 Å². The van der Waals surface area contributed by atoms with Crippen molar-refractivity contribution in [2.45, 2.75) is 12.5 Å². The number of hydrogen-bond donors (Lipinski definition) is 2. The second-order valence-corrected chi connectivity index (χ2v) is 6.17. The van der Waals surface area contributed by atoms with Gasteiger partial charge in [-0.05, 0) is 29.7 Å². The van der Waals surface area contributed by atoms with Crippen molar-refractivity contribution in [3.05, 3.63) is 53.5 Å². The summed E-state index contributed by atoms with van der Waals surface area (Å²) in [6.45, 7) is 0.854. The van der Waals surface area contributed by atoms with Gasteiger partial charge >= 0.3 is 7.12 Å². The molecule has 1 fully saturated rings. The summed E-state index contributed by atoms with van der Waals surface area (Å²) in [5.41, 5.74) is 0.263. The predicted molar refractivity (Wildman–Crippen MR) is 95.0 cm³/mol. The zero-order valence-electron chi connectivity index (χ0n) is 14.4. The van der Waals surface area contributed by atoms with E-state index >= 15 is 0 Å². The van der Waals surface area contributed by atoms with Crippen molar-refractivity contribution in [3.8, 4) is 0 Å². The smallest absolute Gasteiger partial charge is 0.461 e. The molecule has 8 nitrogen and oxygen atoms in total. The van der Waals surface area contributed by atoms with Gasteiger partial charge in [-0.1, -0.05) is 6.07 Å². The van der Waals surface area contributed by atoms with E-state index < -0.39 is 13.2 Å². The van der Waals surface area contributed by atoms with Gasteiger partial charge in [0.2, 0.25) is 0 Å². The summed E-state index contributed by atoms with van der Waals surface area (Å²) in [6.07, 6.45) is 1.92. The molecule has 140 valence electrons. The first-order valence-electron chi connectivity index (χ1n) is 8.42. The molecule has 1 aromatic heterocycles. The maximum Gasteiger partial charge on any atom is 0.489 e. The molecular weight excluding hydrogens is 353 g/mol. The lowest BCUT2D eigenvalue weighted by Gasteiger charge is -2.35. The van der Waals surface area contributed by atoms with Crippen LogP contribution in [0.2, 0.25) is 0 Å². The summed E-state index contributed by atoms with van der Waals surface area (Å²) in [6, 6.07) is 6.77. The van der Waals surface area contributed by atoms with E-state index in [4.69, 9.17) is 9.15 Å². The lowest BCUT2D eigenvalue weighted by Crippen LogP contribution is -2.49. The SMILES string of the molecule is O=Cc1cc(C(=O)N2CCOCC2CC(=O)c2ccco2)ccc1B(O)O. The molecule has 27 heavy (non-hydrogen) atoms. The fourth-order valence-electron chi connectivity index (χ4n) is 3.05. The zero-order chi connectivity index (χ0) is 19.4. The molecule has 1 aromatic carbocycles. The average Bonchev–Trinajstić information content (AvgIpc) is 3.22. The molecule has 1 aliphatic heterocycles. The van der Waals surface area contributed by atoms with Crippen molar-refractivity contribution < 1.29 is 33.6 Å². The first kappa shape index (κ1) is 19.0. The van der Waals surface area contributed by atoms with E-state index in [9.17, 15) is 24.4 Å². The largest absolute Gasteiger partial charge is 0.489 e. The maximum absolute atomic E-state index is 12.9. The number of carbonyl (C=O) groups is 3. The number of Topliss-reactive ketones (excluding diaryl/α,β-unsaturated/α-hetero) is 1. The van der Waals surface area contributed by atoms with Crippen LogP contribution < -0.4 is 5.46 Å². The zero-order valence-corrected chi connectivity index (χ0v) is 14.4. The number of ether oxygens (including phenoxy) is 1. The van der Waals surface area contributed by atoms with Crippen molar-refractivity contribution in [1.82, 2.24) is 4.90 Å². The highest BCUT2D eigenvalue weighted by Crippen LogP contribution is 2.18. The first-order chi connectivity index (χ1) is 13.0. The number of nitrogens with zero attached hydrogens (tertiary/aromatic N) is 1. The molecule has 0 spiro atoms. The minimum absolute atomic E-state index is 0.0207. The molecule has 2 heterocycles. The highest BCUT2D eigenvalue weighted by atomic mass is 16.5. The Morgan fingerprint density at radius 1 is 1.30 bits per heavy atom. The molecule has 3 rings (SSSR count). The van der Waals surface area contributed by atoms with E-state index in [1.165, 1.54) is 29.4 Å². The van der Waals surface area contributed by atoms with Crippen LogP contribution in [0.1, 0.15) is 37.7 Å². The number of hydrogen-bond acceptors (Lipinski definition) is 7. The normalized spacial score (nSPS) is 16.8. The van der Waals surface area contributed by atoms with Crippen LogP contribution >= 0.6 is 0 Å². The standard InChI is InChI=1S/C18H18BNO7/c21-10-13-8-12(3-4-15(13)19(24)25)18(23)20-5-7-26-11-14(20)9-16(22)17-2-1-6-27-17/h1-4,6,8,10,14,24-25H,5,7,9,11H2. The van der Waals surface area contributed by atoms with Crippen molar-refractivity contribution >= 4 is 30.6 Å². The third kappa shape index (κ3) is 4.16. The highest BCUT2D eigenvalue weighted by Gasteiger charge is 2.31. The van der Waals surface area contributed by atoms with Crippen LogP contribution in [0.25, 0.3) is 0 Å². The molecule has 0 radical (unpaired) electrons. The van der Waals surface area contributed by atoms with Gasteiger partial charge in [-0.15, -0.1) is 0 Å². The number of aldehydes is 1. The number of ketones is 1. The van der Waals surface area contributed by atoms with Gasteiger partial charge in [-0.25, -0.2) is 0 Å². The van der Waals surface area contributed by atoms with E-state index in [0.29, 0.717) is 19.4 Å². The monoisotopic (exact) mass is 371 g/mol. The van der Waals surface area contributed by atoms with Crippen molar-refractivity contribution in [3.63, 3.8) is 0 Å². The quantitative estimate of drug-likeness (QED) is 0.413. The molecule has 1 aliphatic rings. The van der Waals surface area contributed by atoms with Crippen molar-refractivity contribution in [2.24, 2.45) is 0 Å². The number of benzene rings is 1. The van der Waals surface area contributed by atoms with Gasteiger partial charge in [0.15, 0.2) is 11.5 Å². The number of rotatable bonds is 6. The molecule has 2 N–H and O–H groups in total. The van der Waals surface area contributed by atoms with Gasteiger partial charge in [0.25, 0.3) is 5.91 Å². The second kappa shape index (κ2) is 8.30. The molecule has 1 unspecified atom stereocenters. The predicted octanol–water partition coefficient (Wildman–Crippen LogP) is -0.114. The Bertz CT molecular complexity index is 834. The number of amides is 1. The summed E-state index contributed by atoms with van der Waals surface area (Å²) in [7, 11) is -1.81. The van der Waals surface area contributed by atoms with Crippen LogP contribution in [-0.4, -0.2) is 65.8 Å². The molecule has 9 heteroatoms. The summed E-state index contributed by atoms with van der Waals surface area (Å²) >= 11 is 0. The Morgan fingerprint density at radius 2 is 2.11 bits per heavy atom. The van der Waals surface area contributed by atoms with Gasteiger partial charge in [-0.3, -0.25) is 14.4 Å². The van der Waals surface area contributed by atoms with Gasteiger partial charge < -0.3 is 24.1 Å². The average molecular weight is 371 g/mol. The Kier molecular flexibility index (Phi) is 5.85. The van der Waals surface area contributed by atoms with E-state index in [1.807, 2.05) is 0 Å². The van der Waals surface area contributed by atoms with Gasteiger partial charge in [0, 0.05) is 24.1 Å². The van der Waals surface area contributed by atoms with E-state index in [-0.39, 0.29) is 47.1 Å². The Hall–Kier alpha value is -2.75. The summed E-state index contributed by atoms with van der Waals surface area (Å²) in [5.74, 6) is -0.379. The van der Waals surface area contributed by atoms with Crippen LogP contribution in [0.4, 0.5) is 0 Å². The second-order valence-electron chi connectivity index (χ2n) is 6.17. The summed E-state index contributed by atoms with van der Waals surface area (Å²) in [4.78, 5) is 38.0. The molecule has 0 aliphatic carbocycles. The Balaban J connectivity index is 1.81. The van der Waals surface area contributed by atoms with E-state index in [0.717, 1.165) is 0 Å². The third-order valence-electron chi connectivity index (χ3n) is 4.44. The fourth-order valence-corrected chi connectivity index (χ4v) is 3.05.